The van der Waals surface area contributed by atoms with E-state index in [-0.39, 0.29) is 17.3 Å². The predicted octanol–water partition coefficient (Wildman–Crippen LogP) is 3.56. The number of aryl methyl sites for hydroxylation is 3. The maximum absolute atomic E-state index is 13.1. The number of rotatable bonds is 8. The first-order valence-electron chi connectivity index (χ1n) is 10.6. The molecule has 8 nitrogen and oxygen atoms in total. The van der Waals surface area contributed by atoms with Crippen LogP contribution in [0.1, 0.15) is 22.3 Å². The molecule has 9 heteroatoms. The van der Waals surface area contributed by atoms with Gasteiger partial charge in [-0.2, -0.15) is 4.72 Å². The van der Waals surface area contributed by atoms with E-state index in [0.29, 0.717) is 22.4 Å². The van der Waals surface area contributed by atoms with E-state index in [9.17, 15) is 18.3 Å². The largest absolute Gasteiger partial charge is 0.480 e. The first-order chi connectivity index (χ1) is 16.0. The molecular weight excluding hydrogens is 452 g/mol. The third-order valence-electron chi connectivity index (χ3n) is 5.38. The third kappa shape index (κ3) is 5.81. The minimum Gasteiger partial charge on any atom is -0.480 e. The van der Waals surface area contributed by atoms with E-state index < -0.39 is 22.0 Å². The standard InChI is InChI=1S/C25H28N4O4S/c1-15-11-16(2)23(17(3)12-15)34(32,33)29-22(24(30)31)14-20-10-9-19(13-21(20)28-25(26)27)18-7-5-4-6-8-18/h4-13,22,29H,14H2,1-3H3,(H,30,31)(H4,26,27,28)/t22-/m0/s1. The maximum atomic E-state index is 13.1. The van der Waals surface area contributed by atoms with Gasteiger partial charge < -0.3 is 16.2 Å². The molecule has 3 aromatic rings. The van der Waals surface area contributed by atoms with Gasteiger partial charge in [-0.3, -0.25) is 10.2 Å². The lowest BCUT2D eigenvalue weighted by Crippen LogP contribution is -2.42. The number of guanidine groups is 1. The summed E-state index contributed by atoms with van der Waals surface area (Å²) in [5.41, 5.74) is 10.2. The Bertz CT molecular complexity index is 1320. The Kier molecular flexibility index (Phi) is 7.38. The quantitative estimate of drug-likeness (QED) is 0.246. The number of carboxylic acid groups (broad SMARTS) is 1. The second-order valence-electron chi connectivity index (χ2n) is 8.22. The predicted molar refractivity (Wildman–Crippen MR) is 134 cm³/mol. The van der Waals surface area contributed by atoms with E-state index >= 15 is 0 Å². The Hall–Kier alpha value is -3.69. The molecule has 0 unspecified atom stereocenters. The summed E-state index contributed by atoms with van der Waals surface area (Å²) in [7, 11) is -4.11. The van der Waals surface area contributed by atoms with Crippen LogP contribution in [0.5, 0.6) is 0 Å². The molecule has 3 rings (SSSR count). The van der Waals surface area contributed by atoms with Gasteiger partial charge in [-0.05, 0) is 54.7 Å². The fourth-order valence-electron chi connectivity index (χ4n) is 4.06. The van der Waals surface area contributed by atoms with Gasteiger partial charge in [0.2, 0.25) is 10.0 Å². The number of carboxylic acids is 1. The number of nitrogens with two attached hydrogens (primary N) is 1. The molecule has 0 aliphatic heterocycles. The molecule has 0 saturated heterocycles. The zero-order chi connectivity index (χ0) is 25.0. The van der Waals surface area contributed by atoms with Crippen molar-refractivity contribution in [3.8, 4) is 11.1 Å². The van der Waals surface area contributed by atoms with E-state index in [1.54, 1.807) is 38.1 Å². The molecule has 0 heterocycles. The van der Waals surface area contributed by atoms with E-state index in [0.717, 1.165) is 16.7 Å². The van der Waals surface area contributed by atoms with Crippen molar-refractivity contribution in [3.63, 3.8) is 0 Å². The van der Waals surface area contributed by atoms with Crippen LogP contribution in [0.4, 0.5) is 5.69 Å². The summed E-state index contributed by atoms with van der Waals surface area (Å²) in [6.45, 7) is 5.23. The molecule has 0 saturated carbocycles. The molecule has 0 radical (unpaired) electrons. The highest BCUT2D eigenvalue weighted by Crippen LogP contribution is 2.27. The average molecular weight is 481 g/mol. The van der Waals surface area contributed by atoms with Gasteiger partial charge in [0.25, 0.3) is 0 Å². The Morgan fingerprint density at radius 1 is 1.00 bits per heavy atom. The second-order valence-corrected chi connectivity index (χ2v) is 9.87. The lowest BCUT2D eigenvalue weighted by Gasteiger charge is -2.20. The van der Waals surface area contributed by atoms with Crippen molar-refractivity contribution >= 4 is 27.6 Å². The fraction of sp³-hybridized carbons (Fsp3) is 0.200. The minimum absolute atomic E-state index is 0.0749. The Labute approximate surface area is 199 Å². The maximum Gasteiger partial charge on any atom is 0.322 e. The van der Waals surface area contributed by atoms with Gasteiger partial charge in [-0.1, -0.05) is 60.2 Å². The molecule has 34 heavy (non-hydrogen) atoms. The van der Waals surface area contributed by atoms with E-state index in [2.05, 4.69) is 10.0 Å². The van der Waals surface area contributed by atoms with Gasteiger partial charge in [0, 0.05) is 12.1 Å². The monoisotopic (exact) mass is 480 g/mol. The van der Waals surface area contributed by atoms with Crippen LogP contribution in [-0.4, -0.2) is 31.5 Å². The van der Waals surface area contributed by atoms with Crippen molar-refractivity contribution < 1.29 is 18.3 Å². The van der Waals surface area contributed by atoms with E-state index in [4.69, 9.17) is 11.1 Å². The summed E-state index contributed by atoms with van der Waals surface area (Å²) >= 11 is 0. The van der Waals surface area contributed by atoms with Gasteiger partial charge in [0.05, 0.1) is 4.90 Å². The van der Waals surface area contributed by atoms with E-state index in [1.165, 1.54) is 0 Å². The summed E-state index contributed by atoms with van der Waals surface area (Å²) in [6, 6.07) is 16.9. The number of carbonyl (C=O) groups is 1. The molecule has 1 atom stereocenters. The number of aliphatic carboxylic acids is 1. The summed E-state index contributed by atoms with van der Waals surface area (Å²) in [5, 5.41) is 20.2. The second kappa shape index (κ2) is 10.1. The highest BCUT2D eigenvalue weighted by Gasteiger charge is 2.29. The number of anilines is 1. The smallest absolute Gasteiger partial charge is 0.322 e. The van der Waals surface area contributed by atoms with Gasteiger partial charge in [0.1, 0.15) is 6.04 Å². The van der Waals surface area contributed by atoms with Crippen molar-refractivity contribution in [2.24, 2.45) is 5.73 Å². The molecule has 0 amide bonds. The number of hydrogen-bond donors (Lipinski definition) is 5. The van der Waals surface area contributed by atoms with Crippen LogP contribution in [-0.2, 0) is 21.2 Å². The lowest BCUT2D eigenvalue weighted by molar-refractivity contribution is -0.138. The van der Waals surface area contributed by atoms with Crippen molar-refractivity contribution in [1.82, 2.24) is 4.72 Å². The van der Waals surface area contributed by atoms with Crippen molar-refractivity contribution in [2.45, 2.75) is 38.1 Å². The molecule has 178 valence electrons. The van der Waals surface area contributed by atoms with Crippen molar-refractivity contribution in [1.29, 1.82) is 5.41 Å². The number of benzene rings is 3. The molecule has 0 bridgehead atoms. The first-order valence-corrected chi connectivity index (χ1v) is 12.1. The van der Waals surface area contributed by atoms with Crippen molar-refractivity contribution in [3.05, 3.63) is 82.9 Å². The average Bonchev–Trinajstić information content (AvgIpc) is 2.73. The third-order valence-corrected chi connectivity index (χ3v) is 7.16. The fourth-order valence-corrected chi connectivity index (χ4v) is 5.70. The van der Waals surface area contributed by atoms with Gasteiger partial charge in [0.15, 0.2) is 5.96 Å². The normalized spacial score (nSPS) is 12.2. The summed E-state index contributed by atoms with van der Waals surface area (Å²) in [5.74, 6) is -1.63. The minimum atomic E-state index is -4.11. The van der Waals surface area contributed by atoms with Gasteiger partial charge in [-0.15, -0.1) is 0 Å². The highest BCUT2D eigenvalue weighted by molar-refractivity contribution is 7.89. The van der Waals surface area contributed by atoms with Gasteiger partial charge in [-0.25, -0.2) is 8.42 Å². The van der Waals surface area contributed by atoms with Crippen LogP contribution in [0.3, 0.4) is 0 Å². The Balaban J connectivity index is 1.96. The highest BCUT2D eigenvalue weighted by atomic mass is 32.2. The van der Waals surface area contributed by atoms with Crippen LogP contribution in [0.25, 0.3) is 11.1 Å². The number of hydrogen-bond acceptors (Lipinski definition) is 4. The van der Waals surface area contributed by atoms with Crippen LogP contribution in [0.15, 0.2) is 65.6 Å². The molecule has 0 spiro atoms. The Morgan fingerprint density at radius 2 is 1.62 bits per heavy atom. The van der Waals surface area contributed by atoms with Crippen molar-refractivity contribution in [2.75, 3.05) is 5.32 Å². The van der Waals surface area contributed by atoms with Gasteiger partial charge >= 0.3 is 5.97 Å². The number of sulfonamides is 1. The van der Waals surface area contributed by atoms with Crippen LogP contribution in [0.2, 0.25) is 0 Å². The van der Waals surface area contributed by atoms with Crippen LogP contribution >= 0.6 is 0 Å². The number of nitrogens with one attached hydrogen (secondary N) is 3. The Morgan fingerprint density at radius 3 is 2.18 bits per heavy atom. The molecule has 0 fully saturated rings. The molecule has 0 aromatic heterocycles. The SMILES string of the molecule is Cc1cc(C)c(S(=O)(=O)N[C@@H](Cc2ccc(-c3ccccc3)cc2NC(=N)N)C(=O)O)c(C)c1. The molecule has 3 aromatic carbocycles. The topological polar surface area (TPSA) is 145 Å². The zero-order valence-corrected chi connectivity index (χ0v) is 20.0. The summed E-state index contributed by atoms with van der Waals surface area (Å²) in [4.78, 5) is 12.1. The molecule has 0 aliphatic rings. The molecule has 6 N–H and O–H groups in total. The first kappa shape index (κ1) is 24.9. The zero-order valence-electron chi connectivity index (χ0n) is 19.2. The molecule has 0 aliphatic carbocycles. The van der Waals surface area contributed by atoms with Crippen LogP contribution < -0.4 is 15.8 Å². The summed E-state index contributed by atoms with van der Waals surface area (Å²) in [6.07, 6.45) is -0.150. The van der Waals surface area contributed by atoms with E-state index in [1.807, 2.05) is 43.3 Å². The summed E-state index contributed by atoms with van der Waals surface area (Å²) < 4.78 is 28.6. The molecular formula is C25H28N4O4S. The lowest BCUT2D eigenvalue weighted by atomic mass is 9.98. The van der Waals surface area contributed by atoms with Crippen LogP contribution in [0, 0.1) is 26.2 Å².